The summed E-state index contributed by atoms with van der Waals surface area (Å²) < 4.78 is 0. The van der Waals surface area contributed by atoms with Crippen molar-refractivity contribution in [1.82, 2.24) is 5.32 Å². The number of carbonyl (C=O) groups is 3. The lowest BCUT2D eigenvalue weighted by Gasteiger charge is -2.20. The van der Waals surface area contributed by atoms with Crippen LogP contribution in [0, 0.1) is 5.92 Å². The van der Waals surface area contributed by atoms with Crippen LogP contribution in [-0.4, -0.2) is 30.8 Å². The number of nitrogens with zero attached hydrogens (tertiary/aromatic N) is 2. The molecule has 2 aliphatic heterocycles. The van der Waals surface area contributed by atoms with Crippen molar-refractivity contribution in [1.29, 1.82) is 0 Å². The molecule has 6 nitrogen and oxygen atoms in total. The highest BCUT2D eigenvalue weighted by molar-refractivity contribution is 6.30. The van der Waals surface area contributed by atoms with Gasteiger partial charge >= 0.3 is 0 Å². The average Bonchev–Trinajstić information content (AvgIpc) is 3.34. The number of carbonyl (C=O) groups excluding carboxylic acids is 3. The fourth-order valence-electron chi connectivity index (χ4n) is 4.12. The molecule has 0 aliphatic carbocycles. The van der Waals surface area contributed by atoms with Crippen molar-refractivity contribution in [2.75, 3.05) is 22.9 Å². The third-order valence-electron chi connectivity index (χ3n) is 5.73. The van der Waals surface area contributed by atoms with E-state index in [0.29, 0.717) is 31.1 Å². The Balaban J connectivity index is 1.41. The molecule has 0 unspecified atom stereocenters. The first kappa shape index (κ1) is 20.4. The van der Waals surface area contributed by atoms with Crippen LogP contribution >= 0.6 is 11.6 Å². The van der Waals surface area contributed by atoms with Gasteiger partial charge in [0.15, 0.2) is 0 Å². The van der Waals surface area contributed by atoms with Crippen LogP contribution in [0.1, 0.15) is 30.9 Å². The van der Waals surface area contributed by atoms with Crippen molar-refractivity contribution < 1.29 is 14.4 Å². The topological polar surface area (TPSA) is 69.7 Å². The lowest BCUT2D eigenvalue weighted by Crippen LogP contribution is -2.32. The molecule has 2 aromatic carbocycles. The quantitative estimate of drug-likeness (QED) is 0.799. The van der Waals surface area contributed by atoms with Crippen LogP contribution in [0.3, 0.4) is 0 Å². The van der Waals surface area contributed by atoms with Gasteiger partial charge in [-0.05, 0) is 47.9 Å². The zero-order chi connectivity index (χ0) is 21.3. The Labute approximate surface area is 180 Å². The molecule has 1 atom stereocenters. The monoisotopic (exact) mass is 425 g/mol. The van der Waals surface area contributed by atoms with Gasteiger partial charge in [0.25, 0.3) is 0 Å². The molecule has 30 heavy (non-hydrogen) atoms. The van der Waals surface area contributed by atoms with Gasteiger partial charge in [0.2, 0.25) is 17.7 Å². The summed E-state index contributed by atoms with van der Waals surface area (Å²) in [5, 5.41) is 3.53. The summed E-state index contributed by atoms with van der Waals surface area (Å²) in [6, 6.07) is 13.1. The van der Waals surface area contributed by atoms with Gasteiger partial charge in [-0.25, -0.2) is 0 Å². The van der Waals surface area contributed by atoms with E-state index in [9.17, 15) is 14.4 Å². The molecule has 4 rings (SSSR count). The first-order valence-electron chi connectivity index (χ1n) is 10.2. The Morgan fingerprint density at radius 2 is 2.03 bits per heavy atom. The molecule has 7 heteroatoms. The van der Waals surface area contributed by atoms with Gasteiger partial charge in [0.05, 0.1) is 5.92 Å². The molecule has 0 aromatic heterocycles. The standard InChI is InChI=1S/C23H24ClN3O3/c1-2-21(28)26-9-8-16-11-19(6-7-20(16)26)27-14-17(12-22(27)29)23(30)25-13-15-4-3-5-18(24)10-15/h3-7,10-11,17H,2,8-9,12-14H2,1H3,(H,25,30)/t17-/m0/s1. The third-order valence-corrected chi connectivity index (χ3v) is 5.96. The van der Waals surface area contributed by atoms with E-state index in [-0.39, 0.29) is 30.1 Å². The molecule has 1 fully saturated rings. The second-order valence-electron chi connectivity index (χ2n) is 7.72. The van der Waals surface area contributed by atoms with Gasteiger partial charge in [-0.3, -0.25) is 14.4 Å². The van der Waals surface area contributed by atoms with Crippen molar-refractivity contribution in [3.05, 3.63) is 58.6 Å². The lowest BCUT2D eigenvalue weighted by atomic mass is 10.1. The largest absolute Gasteiger partial charge is 0.352 e. The summed E-state index contributed by atoms with van der Waals surface area (Å²) in [5.74, 6) is -0.470. The van der Waals surface area contributed by atoms with Crippen LogP contribution in [0.5, 0.6) is 0 Å². The number of fused-ring (bicyclic) bond motifs is 1. The molecule has 0 saturated carbocycles. The number of amides is 3. The van der Waals surface area contributed by atoms with E-state index in [0.717, 1.165) is 28.9 Å². The molecule has 2 aromatic rings. The van der Waals surface area contributed by atoms with Crippen LogP contribution < -0.4 is 15.1 Å². The maximum absolute atomic E-state index is 12.6. The van der Waals surface area contributed by atoms with Gasteiger partial charge in [-0.15, -0.1) is 0 Å². The highest BCUT2D eigenvalue weighted by Gasteiger charge is 2.35. The summed E-state index contributed by atoms with van der Waals surface area (Å²) in [6.07, 6.45) is 1.44. The fourth-order valence-corrected chi connectivity index (χ4v) is 4.33. The van der Waals surface area contributed by atoms with E-state index in [1.807, 2.05) is 43.3 Å². The van der Waals surface area contributed by atoms with Crippen LogP contribution in [-0.2, 0) is 27.3 Å². The summed E-state index contributed by atoms with van der Waals surface area (Å²) in [5.41, 5.74) is 3.69. The van der Waals surface area contributed by atoms with E-state index in [1.165, 1.54) is 0 Å². The van der Waals surface area contributed by atoms with Crippen LogP contribution in [0.4, 0.5) is 11.4 Å². The maximum atomic E-state index is 12.6. The molecular formula is C23H24ClN3O3. The predicted octanol–water partition coefficient (Wildman–Crippen LogP) is 3.31. The van der Waals surface area contributed by atoms with Gasteiger partial charge in [0.1, 0.15) is 0 Å². The van der Waals surface area contributed by atoms with Crippen LogP contribution in [0.25, 0.3) is 0 Å². The van der Waals surface area contributed by atoms with Gasteiger partial charge in [-0.2, -0.15) is 0 Å². The van der Waals surface area contributed by atoms with Crippen molar-refractivity contribution in [3.8, 4) is 0 Å². The SMILES string of the molecule is CCC(=O)N1CCc2cc(N3C[C@@H](C(=O)NCc4cccc(Cl)c4)CC3=O)ccc21. The Bertz CT molecular complexity index is 1010. The molecule has 2 aliphatic rings. The molecule has 1 N–H and O–H groups in total. The van der Waals surface area contributed by atoms with E-state index in [1.54, 1.807) is 15.9 Å². The fraction of sp³-hybridized carbons (Fsp3) is 0.348. The number of hydrogen-bond acceptors (Lipinski definition) is 3. The smallest absolute Gasteiger partial charge is 0.227 e. The average molecular weight is 426 g/mol. The van der Waals surface area contributed by atoms with Crippen LogP contribution in [0.15, 0.2) is 42.5 Å². The zero-order valence-corrected chi connectivity index (χ0v) is 17.6. The molecular weight excluding hydrogens is 402 g/mol. The highest BCUT2D eigenvalue weighted by atomic mass is 35.5. The maximum Gasteiger partial charge on any atom is 0.227 e. The van der Waals surface area contributed by atoms with E-state index >= 15 is 0 Å². The van der Waals surface area contributed by atoms with Crippen LogP contribution in [0.2, 0.25) is 5.02 Å². The van der Waals surface area contributed by atoms with Gasteiger partial charge < -0.3 is 15.1 Å². The highest BCUT2D eigenvalue weighted by Crippen LogP contribution is 2.34. The Kier molecular flexibility index (Phi) is 5.77. The number of hydrogen-bond donors (Lipinski definition) is 1. The summed E-state index contributed by atoms with van der Waals surface area (Å²) in [6.45, 7) is 3.27. The molecule has 0 spiro atoms. The minimum absolute atomic E-state index is 0.0580. The van der Waals surface area contributed by atoms with Crippen molar-refractivity contribution in [2.45, 2.75) is 32.7 Å². The lowest BCUT2D eigenvalue weighted by molar-refractivity contribution is -0.126. The normalized spacial score (nSPS) is 17.9. The van der Waals surface area contributed by atoms with E-state index in [4.69, 9.17) is 11.6 Å². The van der Waals surface area contributed by atoms with Crippen molar-refractivity contribution in [3.63, 3.8) is 0 Å². The Morgan fingerprint density at radius 3 is 2.80 bits per heavy atom. The number of rotatable bonds is 5. The number of halogens is 1. The summed E-state index contributed by atoms with van der Waals surface area (Å²) in [7, 11) is 0. The number of benzene rings is 2. The van der Waals surface area contributed by atoms with Gasteiger partial charge in [-0.1, -0.05) is 30.7 Å². The van der Waals surface area contributed by atoms with E-state index in [2.05, 4.69) is 5.32 Å². The molecule has 3 amide bonds. The first-order valence-corrected chi connectivity index (χ1v) is 10.6. The first-order chi connectivity index (χ1) is 14.5. The summed E-state index contributed by atoms with van der Waals surface area (Å²) >= 11 is 5.98. The third kappa shape index (κ3) is 4.05. The molecule has 156 valence electrons. The van der Waals surface area contributed by atoms with Gasteiger partial charge in [0, 0.05) is 48.9 Å². The summed E-state index contributed by atoms with van der Waals surface area (Å²) in [4.78, 5) is 40.7. The zero-order valence-electron chi connectivity index (χ0n) is 16.9. The Morgan fingerprint density at radius 1 is 1.20 bits per heavy atom. The minimum Gasteiger partial charge on any atom is -0.352 e. The minimum atomic E-state index is -0.386. The molecule has 2 heterocycles. The molecule has 1 saturated heterocycles. The molecule has 0 radical (unpaired) electrons. The van der Waals surface area contributed by atoms with Crippen molar-refractivity contribution >= 4 is 40.7 Å². The van der Waals surface area contributed by atoms with Crippen molar-refractivity contribution in [2.24, 2.45) is 5.92 Å². The predicted molar refractivity (Wildman–Crippen MR) is 117 cm³/mol. The van der Waals surface area contributed by atoms with E-state index < -0.39 is 0 Å². The molecule has 0 bridgehead atoms. The Hall–Kier alpha value is -2.86. The number of anilines is 2. The number of nitrogens with one attached hydrogen (secondary N) is 1. The second kappa shape index (κ2) is 8.48. The second-order valence-corrected chi connectivity index (χ2v) is 8.15.